The molecule has 0 bridgehead atoms. The molecule has 4 rings (SSSR count). The Morgan fingerprint density at radius 3 is 2.65 bits per heavy atom. The fourth-order valence-corrected chi connectivity index (χ4v) is 3.91. The lowest BCUT2D eigenvalue weighted by molar-refractivity contribution is -0.116. The second-order valence-electron chi connectivity index (χ2n) is 6.87. The third-order valence-electron chi connectivity index (χ3n) is 4.99. The highest BCUT2D eigenvalue weighted by Crippen LogP contribution is 2.27. The van der Waals surface area contributed by atoms with E-state index in [2.05, 4.69) is 55.7 Å². The minimum atomic E-state index is -0.0475. The van der Waals surface area contributed by atoms with E-state index >= 15 is 0 Å². The first kappa shape index (κ1) is 17.3. The molecule has 2 aliphatic rings. The topological polar surface area (TPSA) is 44.4 Å². The first-order valence-electron chi connectivity index (χ1n) is 9.04. The van der Waals surface area contributed by atoms with Crippen LogP contribution in [-0.2, 0) is 17.9 Å². The minimum Gasteiger partial charge on any atom is -0.361 e. The Hall–Kier alpha value is -2.11. The number of hydrogen-bond acceptors (Lipinski definition) is 3. The molecular formula is C21H22BrN3O. The van der Waals surface area contributed by atoms with E-state index in [1.807, 2.05) is 18.2 Å². The number of halogens is 1. The van der Waals surface area contributed by atoms with Crippen LogP contribution in [0.25, 0.3) is 5.57 Å². The Bertz CT molecular complexity index is 839. The third kappa shape index (κ3) is 3.84. The number of carbonyl (C=O) groups is 1. The zero-order valence-electron chi connectivity index (χ0n) is 14.6. The summed E-state index contributed by atoms with van der Waals surface area (Å²) in [6.45, 7) is 4.00. The second kappa shape index (κ2) is 7.64. The summed E-state index contributed by atoms with van der Waals surface area (Å²) in [5, 5.41) is 6.20. The van der Waals surface area contributed by atoms with Crippen molar-refractivity contribution in [3.05, 3.63) is 69.8 Å². The van der Waals surface area contributed by atoms with E-state index in [0.717, 1.165) is 27.8 Å². The SMILES string of the molecule is O=C1NCc2ccc(Br)cc2/C1=C/Nc1ccc(CN2CCCC2)cc1. The van der Waals surface area contributed by atoms with E-state index < -0.39 is 0 Å². The molecule has 0 spiro atoms. The molecule has 1 amide bonds. The number of nitrogens with one attached hydrogen (secondary N) is 2. The van der Waals surface area contributed by atoms with E-state index in [1.54, 1.807) is 6.20 Å². The number of anilines is 1. The van der Waals surface area contributed by atoms with Gasteiger partial charge in [0.2, 0.25) is 0 Å². The maximum atomic E-state index is 12.3. The van der Waals surface area contributed by atoms with Crippen LogP contribution in [0.5, 0.6) is 0 Å². The fraction of sp³-hybridized carbons (Fsp3) is 0.286. The molecule has 1 saturated heterocycles. The highest BCUT2D eigenvalue weighted by atomic mass is 79.9. The van der Waals surface area contributed by atoms with Crippen molar-refractivity contribution in [2.45, 2.75) is 25.9 Å². The van der Waals surface area contributed by atoms with Crippen molar-refractivity contribution in [2.75, 3.05) is 18.4 Å². The first-order chi connectivity index (χ1) is 12.7. The number of hydrogen-bond donors (Lipinski definition) is 2. The molecule has 0 atom stereocenters. The fourth-order valence-electron chi connectivity index (χ4n) is 3.55. The summed E-state index contributed by atoms with van der Waals surface area (Å²) in [6, 6.07) is 14.5. The van der Waals surface area contributed by atoms with Crippen molar-refractivity contribution in [1.82, 2.24) is 10.2 Å². The van der Waals surface area contributed by atoms with Gasteiger partial charge in [-0.3, -0.25) is 9.69 Å². The van der Waals surface area contributed by atoms with Crippen molar-refractivity contribution in [2.24, 2.45) is 0 Å². The van der Waals surface area contributed by atoms with E-state index in [0.29, 0.717) is 12.1 Å². The Balaban J connectivity index is 1.49. The van der Waals surface area contributed by atoms with Crippen LogP contribution in [0.15, 0.2) is 53.1 Å². The number of benzene rings is 2. The monoisotopic (exact) mass is 411 g/mol. The summed E-state index contributed by atoms with van der Waals surface area (Å²) in [7, 11) is 0. The highest BCUT2D eigenvalue weighted by Gasteiger charge is 2.21. The van der Waals surface area contributed by atoms with Crippen molar-refractivity contribution < 1.29 is 4.79 Å². The summed E-state index contributed by atoms with van der Waals surface area (Å²) in [5.41, 5.74) is 5.07. The summed E-state index contributed by atoms with van der Waals surface area (Å²) in [4.78, 5) is 14.8. The molecule has 2 aliphatic heterocycles. The lowest BCUT2D eigenvalue weighted by atomic mass is 9.96. The third-order valence-corrected chi connectivity index (χ3v) is 5.48. The zero-order chi connectivity index (χ0) is 17.9. The molecule has 26 heavy (non-hydrogen) atoms. The molecule has 4 nitrogen and oxygen atoms in total. The molecule has 134 valence electrons. The summed E-state index contributed by atoms with van der Waals surface area (Å²) < 4.78 is 0.975. The average molecular weight is 412 g/mol. The van der Waals surface area contributed by atoms with Crippen LogP contribution in [0, 0.1) is 0 Å². The maximum Gasteiger partial charge on any atom is 0.253 e. The molecule has 0 saturated carbocycles. The lowest BCUT2D eigenvalue weighted by Gasteiger charge is -2.20. The Morgan fingerprint density at radius 2 is 1.88 bits per heavy atom. The molecule has 0 aromatic heterocycles. The number of likely N-dealkylation sites (tertiary alicyclic amines) is 1. The minimum absolute atomic E-state index is 0.0475. The molecule has 0 radical (unpaired) electrons. The zero-order valence-corrected chi connectivity index (χ0v) is 16.2. The van der Waals surface area contributed by atoms with Crippen LogP contribution >= 0.6 is 15.9 Å². The standard InChI is InChI=1S/C21H22BrN3O/c22-17-6-5-16-12-24-21(26)20(19(16)11-17)13-23-18-7-3-15(4-8-18)14-25-9-1-2-10-25/h3-8,11,13,23H,1-2,9-10,12,14H2,(H,24,26)/b20-13-. The van der Waals surface area contributed by atoms with Gasteiger partial charge in [0, 0.05) is 29.4 Å². The Morgan fingerprint density at radius 1 is 1.12 bits per heavy atom. The van der Waals surface area contributed by atoms with Crippen molar-refractivity contribution >= 4 is 33.1 Å². The number of rotatable bonds is 4. The molecule has 1 fully saturated rings. The highest BCUT2D eigenvalue weighted by molar-refractivity contribution is 9.10. The molecule has 5 heteroatoms. The molecule has 2 aromatic rings. The summed E-state index contributed by atoms with van der Waals surface area (Å²) in [6.07, 6.45) is 4.43. The van der Waals surface area contributed by atoms with E-state index in [1.165, 1.54) is 31.5 Å². The smallest absolute Gasteiger partial charge is 0.253 e. The largest absolute Gasteiger partial charge is 0.361 e. The number of carbonyl (C=O) groups excluding carboxylic acids is 1. The van der Waals surface area contributed by atoms with Gasteiger partial charge in [0.05, 0.1) is 5.57 Å². The van der Waals surface area contributed by atoms with Crippen LogP contribution in [0.2, 0.25) is 0 Å². The van der Waals surface area contributed by atoms with Crippen LogP contribution < -0.4 is 10.6 Å². The molecule has 0 aliphatic carbocycles. The van der Waals surface area contributed by atoms with Gasteiger partial charge >= 0.3 is 0 Å². The van der Waals surface area contributed by atoms with Gasteiger partial charge in [-0.25, -0.2) is 0 Å². The van der Waals surface area contributed by atoms with Gasteiger partial charge in [0.1, 0.15) is 0 Å². The Kier molecular flexibility index (Phi) is 5.09. The van der Waals surface area contributed by atoms with E-state index in [9.17, 15) is 4.79 Å². The van der Waals surface area contributed by atoms with Gasteiger partial charge in [-0.15, -0.1) is 0 Å². The molecule has 2 N–H and O–H groups in total. The number of fused-ring (bicyclic) bond motifs is 1. The van der Waals surface area contributed by atoms with Gasteiger partial charge in [-0.05, 0) is 66.9 Å². The predicted molar refractivity (Wildman–Crippen MR) is 109 cm³/mol. The van der Waals surface area contributed by atoms with Crippen LogP contribution in [-0.4, -0.2) is 23.9 Å². The summed E-state index contributed by atoms with van der Waals surface area (Å²) in [5.74, 6) is -0.0475. The van der Waals surface area contributed by atoms with Gasteiger partial charge in [0.25, 0.3) is 5.91 Å². The average Bonchev–Trinajstić information content (AvgIpc) is 3.15. The van der Waals surface area contributed by atoms with Crippen LogP contribution in [0.3, 0.4) is 0 Å². The molecule has 0 unspecified atom stereocenters. The Labute approximate surface area is 162 Å². The summed E-state index contributed by atoms with van der Waals surface area (Å²) >= 11 is 3.49. The van der Waals surface area contributed by atoms with E-state index in [4.69, 9.17) is 0 Å². The molecule has 2 aromatic carbocycles. The molecule has 2 heterocycles. The van der Waals surface area contributed by atoms with Crippen LogP contribution in [0.1, 0.15) is 29.5 Å². The second-order valence-corrected chi connectivity index (χ2v) is 7.78. The molecular weight excluding hydrogens is 390 g/mol. The number of amides is 1. The van der Waals surface area contributed by atoms with Gasteiger partial charge < -0.3 is 10.6 Å². The van der Waals surface area contributed by atoms with Crippen molar-refractivity contribution in [3.8, 4) is 0 Å². The van der Waals surface area contributed by atoms with Crippen molar-refractivity contribution in [3.63, 3.8) is 0 Å². The number of nitrogens with zero attached hydrogens (tertiary/aromatic N) is 1. The van der Waals surface area contributed by atoms with Crippen LogP contribution in [0.4, 0.5) is 5.69 Å². The quantitative estimate of drug-likeness (QED) is 0.743. The van der Waals surface area contributed by atoms with Gasteiger partial charge in [-0.1, -0.05) is 34.1 Å². The predicted octanol–water partition coefficient (Wildman–Crippen LogP) is 4.13. The maximum absolute atomic E-state index is 12.3. The normalized spacial score (nSPS) is 18.7. The lowest BCUT2D eigenvalue weighted by Crippen LogP contribution is -2.29. The van der Waals surface area contributed by atoms with Gasteiger partial charge in [-0.2, -0.15) is 0 Å². The van der Waals surface area contributed by atoms with E-state index in [-0.39, 0.29) is 5.91 Å². The van der Waals surface area contributed by atoms with Gasteiger partial charge in [0.15, 0.2) is 0 Å². The van der Waals surface area contributed by atoms with Crippen molar-refractivity contribution in [1.29, 1.82) is 0 Å². The first-order valence-corrected chi connectivity index (χ1v) is 9.83.